The number of hydrogen-bond donors (Lipinski definition) is 1. The minimum Gasteiger partial charge on any atom is -0.346 e. The van der Waals surface area contributed by atoms with Crippen LogP contribution in [0.5, 0.6) is 0 Å². The SMILES string of the molecule is NCC(N1CCCC2(C1)OCCO2)C(F)(F)F. The molecule has 2 fully saturated rings. The molecule has 0 bridgehead atoms. The Morgan fingerprint density at radius 2 is 1.94 bits per heavy atom. The van der Waals surface area contributed by atoms with E-state index in [1.165, 1.54) is 4.90 Å². The van der Waals surface area contributed by atoms with Crippen molar-refractivity contribution in [1.82, 2.24) is 4.90 Å². The molecule has 1 spiro atoms. The van der Waals surface area contributed by atoms with E-state index in [0.717, 1.165) is 0 Å². The minimum absolute atomic E-state index is 0.147. The van der Waals surface area contributed by atoms with Crippen LogP contribution in [-0.4, -0.2) is 55.8 Å². The number of nitrogens with zero attached hydrogens (tertiary/aromatic N) is 1. The van der Waals surface area contributed by atoms with Crippen LogP contribution in [0, 0.1) is 0 Å². The Morgan fingerprint density at radius 3 is 2.47 bits per heavy atom. The number of hydrogen-bond acceptors (Lipinski definition) is 4. The van der Waals surface area contributed by atoms with Gasteiger partial charge in [0.25, 0.3) is 0 Å². The third-order valence-electron chi connectivity index (χ3n) is 3.30. The summed E-state index contributed by atoms with van der Waals surface area (Å²) in [7, 11) is 0. The van der Waals surface area contributed by atoms with Crippen LogP contribution in [0.15, 0.2) is 0 Å². The molecule has 0 amide bonds. The first-order valence-corrected chi connectivity index (χ1v) is 5.76. The van der Waals surface area contributed by atoms with Gasteiger partial charge in [-0.15, -0.1) is 0 Å². The van der Waals surface area contributed by atoms with E-state index in [2.05, 4.69) is 0 Å². The highest BCUT2D eigenvalue weighted by atomic mass is 19.4. The summed E-state index contributed by atoms with van der Waals surface area (Å²) in [6.45, 7) is 1.00. The summed E-state index contributed by atoms with van der Waals surface area (Å²) >= 11 is 0. The third-order valence-corrected chi connectivity index (χ3v) is 3.30. The van der Waals surface area contributed by atoms with Crippen LogP contribution in [0.3, 0.4) is 0 Å². The van der Waals surface area contributed by atoms with Crippen LogP contribution < -0.4 is 5.73 Å². The van der Waals surface area contributed by atoms with Gasteiger partial charge in [0.05, 0.1) is 19.8 Å². The van der Waals surface area contributed by atoms with Crippen LogP contribution in [-0.2, 0) is 9.47 Å². The Bertz CT molecular complexity index is 267. The van der Waals surface area contributed by atoms with Crippen LogP contribution in [0.1, 0.15) is 12.8 Å². The first-order chi connectivity index (χ1) is 7.97. The summed E-state index contributed by atoms with van der Waals surface area (Å²) < 4.78 is 49.2. The Hall–Kier alpha value is -0.370. The zero-order valence-corrected chi connectivity index (χ0v) is 9.50. The van der Waals surface area contributed by atoms with Crippen molar-refractivity contribution < 1.29 is 22.6 Å². The maximum atomic E-state index is 12.8. The van der Waals surface area contributed by atoms with Crippen molar-refractivity contribution in [3.63, 3.8) is 0 Å². The van der Waals surface area contributed by atoms with E-state index in [9.17, 15) is 13.2 Å². The summed E-state index contributed by atoms with van der Waals surface area (Å²) in [5, 5.41) is 0. The summed E-state index contributed by atoms with van der Waals surface area (Å²) in [4.78, 5) is 1.33. The second kappa shape index (κ2) is 4.72. The van der Waals surface area contributed by atoms with E-state index in [1.54, 1.807) is 0 Å². The van der Waals surface area contributed by atoms with E-state index in [1.807, 2.05) is 0 Å². The predicted octanol–water partition coefficient (Wildman–Crippen LogP) is 0.715. The number of alkyl halides is 3. The third kappa shape index (κ3) is 2.73. The molecule has 7 heteroatoms. The van der Waals surface area contributed by atoms with Gasteiger partial charge >= 0.3 is 6.18 Å². The quantitative estimate of drug-likeness (QED) is 0.788. The van der Waals surface area contributed by atoms with Gasteiger partial charge < -0.3 is 15.2 Å². The average molecular weight is 254 g/mol. The smallest absolute Gasteiger partial charge is 0.346 e. The van der Waals surface area contributed by atoms with Crippen LogP contribution in [0.4, 0.5) is 13.2 Å². The topological polar surface area (TPSA) is 47.7 Å². The van der Waals surface area contributed by atoms with Crippen molar-refractivity contribution in [2.24, 2.45) is 5.73 Å². The molecule has 0 aromatic carbocycles. The van der Waals surface area contributed by atoms with Gasteiger partial charge in [0.2, 0.25) is 0 Å². The van der Waals surface area contributed by atoms with Crippen LogP contribution in [0.25, 0.3) is 0 Å². The summed E-state index contributed by atoms with van der Waals surface area (Å²) in [5.41, 5.74) is 5.23. The number of rotatable bonds is 2. The van der Waals surface area contributed by atoms with Gasteiger partial charge in [-0.1, -0.05) is 0 Å². The number of ether oxygens (including phenoxy) is 2. The van der Waals surface area contributed by atoms with Gasteiger partial charge in [-0.2, -0.15) is 13.2 Å². The normalized spacial score (nSPS) is 27.5. The molecule has 2 rings (SSSR count). The van der Waals surface area contributed by atoms with Crippen molar-refractivity contribution in [3.8, 4) is 0 Å². The molecule has 0 aliphatic carbocycles. The molecule has 0 aromatic heterocycles. The van der Waals surface area contributed by atoms with Crippen molar-refractivity contribution in [2.75, 3.05) is 32.8 Å². The lowest BCUT2D eigenvalue weighted by atomic mass is 10.0. The van der Waals surface area contributed by atoms with E-state index >= 15 is 0 Å². The molecular formula is C10H17F3N2O2. The van der Waals surface area contributed by atoms with Gasteiger partial charge in [0.1, 0.15) is 6.04 Å². The molecule has 0 aromatic rings. The molecule has 0 saturated carbocycles. The first-order valence-electron chi connectivity index (χ1n) is 5.76. The van der Waals surface area contributed by atoms with Crippen molar-refractivity contribution in [2.45, 2.75) is 30.8 Å². The second-order valence-corrected chi connectivity index (χ2v) is 4.47. The van der Waals surface area contributed by atoms with E-state index < -0.39 is 24.6 Å². The highest BCUT2D eigenvalue weighted by Crippen LogP contribution is 2.34. The molecule has 17 heavy (non-hydrogen) atoms. The summed E-state index contributed by atoms with van der Waals surface area (Å²) in [6, 6.07) is -1.60. The number of piperidine rings is 1. The van der Waals surface area contributed by atoms with E-state index in [0.29, 0.717) is 32.6 Å². The first kappa shape index (κ1) is 13.1. The molecule has 100 valence electrons. The predicted molar refractivity (Wildman–Crippen MR) is 54.3 cm³/mol. The Balaban J connectivity index is 2.05. The lowest BCUT2D eigenvalue weighted by molar-refractivity contribution is -0.228. The highest BCUT2D eigenvalue weighted by molar-refractivity contribution is 4.90. The van der Waals surface area contributed by atoms with Gasteiger partial charge in [0, 0.05) is 13.0 Å². The lowest BCUT2D eigenvalue weighted by Gasteiger charge is -2.42. The van der Waals surface area contributed by atoms with Gasteiger partial charge in [0.15, 0.2) is 5.79 Å². The Kier molecular flexibility index (Phi) is 3.63. The van der Waals surface area contributed by atoms with Gasteiger partial charge in [-0.25, -0.2) is 0 Å². The molecular weight excluding hydrogens is 237 g/mol. The maximum absolute atomic E-state index is 12.8. The zero-order valence-electron chi connectivity index (χ0n) is 9.50. The number of nitrogens with two attached hydrogens (primary N) is 1. The molecule has 1 atom stereocenters. The standard InChI is InChI=1S/C10H17F3N2O2/c11-10(12,13)8(6-14)15-3-1-2-9(7-15)16-4-5-17-9/h8H,1-7,14H2. The minimum atomic E-state index is -4.30. The molecule has 1 unspecified atom stereocenters. The van der Waals surface area contributed by atoms with E-state index in [-0.39, 0.29) is 6.54 Å². The fourth-order valence-corrected chi connectivity index (χ4v) is 2.51. The molecule has 0 radical (unpaired) electrons. The average Bonchev–Trinajstić information content (AvgIpc) is 2.65. The fourth-order valence-electron chi connectivity index (χ4n) is 2.51. The van der Waals surface area contributed by atoms with Gasteiger partial charge in [-0.05, 0) is 13.0 Å². The largest absolute Gasteiger partial charge is 0.405 e. The molecule has 2 N–H and O–H groups in total. The van der Waals surface area contributed by atoms with Crippen LogP contribution in [0.2, 0.25) is 0 Å². The zero-order chi connectivity index (χ0) is 12.5. The molecule has 2 aliphatic heterocycles. The fraction of sp³-hybridized carbons (Fsp3) is 1.00. The Labute approximate surface area is 97.8 Å². The second-order valence-electron chi connectivity index (χ2n) is 4.47. The summed E-state index contributed by atoms with van der Waals surface area (Å²) in [6.07, 6.45) is -3.02. The van der Waals surface area contributed by atoms with Crippen molar-refractivity contribution >= 4 is 0 Å². The monoisotopic (exact) mass is 254 g/mol. The summed E-state index contributed by atoms with van der Waals surface area (Å²) in [5.74, 6) is -0.836. The number of likely N-dealkylation sites (tertiary alicyclic amines) is 1. The molecule has 2 heterocycles. The highest BCUT2D eigenvalue weighted by Gasteiger charge is 2.48. The Morgan fingerprint density at radius 1 is 1.29 bits per heavy atom. The maximum Gasteiger partial charge on any atom is 0.405 e. The number of halogens is 3. The molecule has 4 nitrogen and oxygen atoms in total. The van der Waals surface area contributed by atoms with Crippen LogP contribution >= 0.6 is 0 Å². The van der Waals surface area contributed by atoms with Gasteiger partial charge in [-0.3, -0.25) is 4.90 Å². The molecule has 2 saturated heterocycles. The molecule has 2 aliphatic rings. The van der Waals surface area contributed by atoms with Crippen molar-refractivity contribution in [3.05, 3.63) is 0 Å². The van der Waals surface area contributed by atoms with E-state index in [4.69, 9.17) is 15.2 Å². The lowest BCUT2D eigenvalue weighted by Crippen LogP contribution is -2.58. The van der Waals surface area contributed by atoms with Crippen molar-refractivity contribution in [1.29, 1.82) is 0 Å².